The lowest BCUT2D eigenvalue weighted by Gasteiger charge is -2.16. The molecule has 0 spiro atoms. The van der Waals surface area contributed by atoms with Crippen molar-refractivity contribution in [2.24, 2.45) is 5.92 Å². The zero-order valence-corrected chi connectivity index (χ0v) is 14.2. The van der Waals surface area contributed by atoms with Crippen LogP contribution in [0.4, 0.5) is 4.39 Å². The van der Waals surface area contributed by atoms with Crippen molar-refractivity contribution >= 4 is 11.9 Å². The van der Waals surface area contributed by atoms with Crippen LogP contribution in [0.2, 0.25) is 0 Å². The predicted octanol–water partition coefficient (Wildman–Crippen LogP) is 2.23. The Labute approximate surface area is 150 Å². The SMILES string of the molecule is O=C(CCN1C[C@@H](C(=O)O)[C@H](c2ccc(F)cc2)C1)NCc1ccco1. The van der Waals surface area contributed by atoms with Crippen LogP contribution in [0.3, 0.4) is 0 Å². The van der Waals surface area contributed by atoms with Crippen molar-refractivity contribution in [3.05, 3.63) is 59.8 Å². The molecular formula is C19H21FN2O4. The number of benzene rings is 1. The van der Waals surface area contributed by atoms with E-state index >= 15 is 0 Å². The van der Waals surface area contributed by atoms with Crippen molar-refractivity contribution in [2.75, 3.05) is 19.6 Å². The van der Waals surface area contributed by atoms with Crippen molar-refractivity contribution in [3.8, 4) is 0 Å². The molecule has 1 saturated heterocycles. The summed E-state index contributed by atoms with van der Waals surface area (Å²) in [5.41, 5.74) is 0.809. The molecule has 1 aromatic carbocycles. The molecule has 1 aliphatic rings. The van der Waals surface area contributed by atoms with Crippen LogP contribution < -0.4 is 5.32 Å². The topological polar surface area (TPSA) is 82.8 Å². The highest BCUT2D eigenvalue weighted by atomic mass is 19.1. The van der Waals surface area contributed by atoms with Crippen LogP contribution in [-0.2, 0) is 16.1 Å². The Morgan fingerprint density at radius 3 is 2.65 bits per heavy atom. The highest BCUT2D eigenvalue weighted by Crippen LogP contribution is 2.33. The molecule has 1 aliphatic heterocycles. The van der Waals surface area contributed by atoms with Crippen molar-refractivity contribution in [1.29, 1.82) is 0 Å². The smallest absolute Gasteiger partial charge is 0.308 e. The summed E-state index contributed by atoms with van der Waals surface area (Å²) in [6.07, 6.45) is 1.83. The summed E-state index contributed by atoms with van der Waals surface area (Å²) in [6.45, 7) is 1.73. The fraction of sp³-hybridized carbons (Fsp3) is 0.368. The molecule has 0 radical (unpaired) electrons. The molecule has 0 bridgehead atoms. The number of hydrogen-bond donors (Lipinski definition) is 2. The van der Waals surface area contributed by atoms with Gasteiger partial charge in [0, 0.05) is 32.0 Å². The summed E-state index contributed by atoms with van der Waals surface area (Å²) >= 11 is 0. The van der Waals surface area contributed by atoms with Gasteiger partial charge in [0.2, 0.25) is 5.91 Å². The Balaban J connectivity index is 1.53. The number of carboxylic acid groups (broad SMARTS) is 1. The molecule has 1 aromatic heterocycles. The zero-order chi connectivity index (χ0) is 18.5. The number of carboxylic acids is 1. The standard InChI is InChI=1S/C19H21FN2O4/c20-14-5-3-13(4-6-14)16-11-22(12-17(16)19(24)25)8-7-18(23)21-10-15-2-1-9-26-15/h1-6,9,16-17H,7-8,10-12H2,(H,21,23)(H,24,25)/t16-,17+/m0/s1. The zero-order valence-electron chi connectivity index (χ0n) is 14.2. The molecule has 7 heteroatoms. The molecule has 1 amide bonds. The molecule has 1 fully saturated rings. The molecule has 6 nitrogen and oxygen atoms in total. The molecule has 138 valence electrons. The molecule has 0 aliphatic carbocycles. The summed E-state index contributed by atoms with van der Waals surface area (Å²) in [5, 5.41) is 12.3. The Bertz CT molecular complexity index is 745. The van der Waals surface area contributed by atoms with Crippen LogP contribution in [0.5, 0.6) is 0 Å². The first-order chi connectivity index (χ1) is 12.5. The summed E-state index contributed by atoms with van der Waals surface area (Å²) < 4.78 is 18.3. The maximum Gasteiger partial charge on any atom is 0.308 e. The molecule has 2 atom stereocenters. The number of furan rings is 1. The molecule has 2 aromatic rings. The fourth-order valence-corrected chi connectivity index (χ4v) is 3.31. The predicted molar refractivity (Wildman–Crippen MR) is 91.9 cm³/mol. The van der Waals surface area contributed by atoms with Crippen LogP contribution >= 0.6 is 0 Å². The van der Waals surface area contributed by atoms with Crippen molar-refractivity contribution in [1.82, 2.24) is 10.2 Å². The summed E-state index contributed by atoms with van der Waals surface area (Å²) in [7, 11) is 0. The number of carbonyl (C=O) groups is 2. The van der Waals surface area contributed by atoms with Gasteiger partial charge < -0.3 is 19.7 Å². The fourth-order valence-electron chi connectivity index (χ4n) is 3.31. The lowest BCUT2D eigenvalue weighted by atomic mass is 9.89. The Kier molecular flexibility index (Phi) is 5.68. The molecule has 0 saturated carbocycles. The number of likely N-dealkylation sites (tertiary alicyclic amines) is 1. The van der Waals surface area contributed by atoms with Gasteiger partial charge in [-0.15, -0.1) is 0 Å². The van der Waals surface area contributed by atoms with Gasteiger partial charge in [-0.2, -0.15) is 0 Å². The van der Waals surface area contributed by atoms with E-state index in [1.807, 2.05) is 4.90 Å². The van der Waals surface area contributed by atoms with Gasteiger partial charge in [-0.1, -0.05) is 12.1 Å². The Morgan fingerprint density at radius 1 is 1.23 bits per heavy atom. The van der Waals surface area contributed by atoms with Crippen LogP contribution in [-0.4, -0.2) is 41.5 Å². The second kappa shape index (κ2) is 8.14. The minimum atomic E-state index is -0.871. The maximum absolute atomic E-state index is 13.1. The average Bonchev–Trinajstić information content (AvgIpc) is 3.28. The summed E-state index contributed by atoms with van der Waals surface area (Å²) in [4.78, 5) is 25.5. The molecule has 3 rings (SSSR count). The van der Waals surface area contributed by atoms with E-state index in [1.165, 1.54) is 12.1 Å². The van der Waals surface area contributed by atoms with Gasteiger partial charge in [0.25, 0.3) is 0 Å². The van der Waals surface area contributed by atoms with E-state index in [4.69, 9.17) is 4.42 Å². The molecule has 0 unspecified atom stereocenters. The first kappa shape index (κ1) is 18.1. The van der Waals surface area contributed by atoms with Gasteiger partial charge in [-0.3, -0.25) is 9.59 Å². The van der Waals surface area contributed by atoms with Crippen molar-refractivity contribution < 1.29 is 23.5 Å². The lowest BCUT2D eigenvalue weighted by Crippen LogP contribution is -2.30. The molecule has 26 heavy (non-hydrogen) atoms. The number of nitrogens with zero attached hydrogens (tertiary/aromatic N) is 1. The lowest BCUT2D eigenvalue weighted by molar-refractivity contribution is -0.141. The van der Waals surface area contributed by atoms with Crippen LogP contribution in [0.1, 0.15) is 23.7 Å². The highest BCUT2D eigenvalue weighted by molar-refractivity contribution is 5.76. The first-order valence-corrected chi connectivity index (χ1v) is 8.52. The van der Waals surface area contributed by atoms with E-state index < -0.39 is 11.9 Å². The normalized spacial score (nSPS) is 20.2. The molecular weight excluding hydrogens is 339 g/mol. The average molecular weight is 360 g/mol. The van der Waals surface area contributed by atoms with Crippen molar-refractivity contribution in [2.45, 2.75) is 18.9 Å². The summed E-state index contributed by atoms with van der Waals surface area (Å²) in [5.74, 6) is -1.42. The highest BCUT2D eigenvalue weighted by Gasteiger charge is 2.38. The van der Waals surface area contributed by atoms with Gasteiger partial charge in [-0.05, 0) is 29.8 Å². The third-order valence-corrected chi connectivity index (χ3v) is 4.71. The Morgan fingerprint density at radius 2 is 2.00 bits per heavy atom. The number of halogens is 1. The largest absolute Gasteiger partial charge is 0.481 e. The maximum atomic E-state index is 13.1. The number of carbonyl (C=O) groups excluding carboxylic acids is 1. The molecule has 2 heterocycles. The van der Waals surface area contributed by atoms with Crippen LogP contribution in [0.25, 0.3) is 0 Å². The minimum absolute atomic E-state index is 0.112. The second-order valence-electron chi connectivity index (χ2n) is 6.47. The van der Waals surface area contributed by atoms with Gasteiger partial charge >= 0.3 is 5.97 Å². The number of nitrogens with one attached hydrogen (secondary N) is 1. The van der Waals surface area contributed by atoms with Gasteiger partial charge in [0.1, 0.15) is 11.6 Å². The van der Waals surface area contributed by atoms with E-state index in [-0.39, 0.29) is 24.1 Å². The third-order valence-electron chi connectivity index (χ3n) is 4.71. The minimum Gasteiger partial charge on any atom is -0.481 e. The van der Waals surface area contributed by atoms with Gasteiger partial charge in [-0.25, -0.2) is 4.39 Å². The van der Waals surface area contributed by atoms with E-state index in [0.29, 0.717) is 31.9 Å². The number of hydrogen-bond acceptors (Lipinski definition) is 4. The monoisotopic (exact) mass is 360 g/mol. The second-order valence-corrected chi connectivity index (χ2v) is 6.47. The van der Waals surface area contributed by atoms with Crippen LogP contribution in [0.15, 0.2) is 47.1 Å². The number of rotatable bonds is 7. The first-order valence-electron chi connectivity index (χ1n) is 8.52. The van der Waals surface area contributed by atoms with E-state index in [9.17, 15) is 19.1 Å². The van der Waals surface area contributed by atoms with E-state index in [2.05, 4.69) is 5.32 Å². The van der Waals surface area contributed by atoms with E-state index in [0.717, 1.165) is 5.56 Å². The molecule has 2 N–H and O–H groups in total. The van der Waals surface area contributed by atoms with Gasteiger partial charge in [0.05, 0.1) is 18.7 Å². The number of amides is 1. The summed E-state index contributed by atoms with van der Waals surface area (Å²) in [6, 6.07) is 9.50. The quantitative estimate of drug-likeness (QED) is 0.791. The van der Waals surface area contributed by atoms with Crippen LogP contribution in [0, 0.1) is 11.7 Å². The Hall–Kier alpha value is -2.67. The van der Waals surface area contributed by atoms with E-state index in [1.54, 1.807) is 30.5 Å². The van der Waals surface area contributed by atoms with Crippen molar-refractivity contribution in [3.63, 3.8) is 0 Å². The number of aliphatic carboxylic acids is 1. The third kappa shape index (κ3) is 4.49. The van der Waals surface area contributed by atoms with Gasteiger partial charge in [0.15, 0.2) is 0 Å².